The second kappa shape index (κ2) is 13.8. The Labute approximate surface area is 244 Å². The molecule has 0 saturated heterocycles. The van der Waals surface area contributed by atoms with Crippen molar-refractivity contribution in [3.8, 4) is 40.2 Å². The molecule has 228 valence electrons. The van der Waals surface area contributed by atoms with Crippen LogP contribution in [-0.2, 0) is 6.42 Å². The summed E-state index contributed by atoms with van der Waals surface area (Å²) in [6.45, 7) is -0.695. The Hall–Kier alpha value is -3.90. The number of aromatic hydroxyl groups is 1. The molecule has 11 nitrogen and oxygen atoms in total. The molecular formula is C31H38O11. The van der Waals surface area contributed by atoms with Gasteiger partial charge < -0.3 is 54.0 Å². The van der Waals surface area contributed by atoms with E-state index in [4.69, 9.17) is 28.4 Å². The smallest absolute Gasteiger partial charge is 0.204 e. The molecule has 0 unspecified atom stereocenters. The fraction of sp³-hybridized carbons (Fsp3) is 0.419. The van der Waals surface area contributed by atoms with Crippen molar-refractivity contribution in [2.24, 2.45) is 0 Å². The van der Waals surface area contributed by atoms with Crippen LogP contribution in [0.25, 0.3) is 0 Å². The maximum atomic E-state index is 11.0. The first-order chi connectivity index (χ1) is 20.3. The molecule has 1 aliphatic rings. The van der Waals surface area contributed by atoms with Gasteiger partial charge in [0.1, 0.15) is 12.2 Å². The Morgan fingerprint density at radius 1 is 0.833 bits per heavy atom. The number of fused-ring (bicyclic) bond motifs is 1. The molecule has 5 N–H and O–H groups in total. The quantitative estimate of drug-likeness (QED) is 0.189. The second-order valence-corrected chi connectivity index (χ2v) is 9.84. The lowest BCUT2D eigenvalue weighted by Crippen LogP contribution is -2.29. The highest BCUT2D eigenvalue weighted by Crippen LogP contribution is 2.53. The Morgan fingerprint density at radius 3 is 2.07 bits per heavy atom. The highest BCUT2D eigenvalue weighted by molar-refractivity contribution is 5.58. The largest absolute Gasteiger partial charge is 0.504 e. The van der Waals surface area contributed by atoms with Gasteiger partial charge in [0, 0.05) is 17.7 Å². The van der Waals surface area contributed by atoms with E-state index >= 15 is 0 Å². The first kappa shape index (κ1) is 31.0. The monoisotopic (exact) mass is 586 g/mol. The minimum atomic E-state index is -1.29. The summed E-state index contributed by atoms with van der Waals surface area (Å²) in [6.07, 6.45) is -1.81. The van der Waals surface area contributed by atoms with Crippen LogP contribution in [0.3, 0.4) is 0 Å². The number of aliphatic hydroxyl groups excluding tert-OH is 4. The summed E-state index contributed by atoms with van der Waals surface area (Å²) in [6, 6.07) is 11.6. The van der Waals surface area contributed by atoms with Crippen LogP contribution in [0.4, 0.5) is 0 Å². The van der Waals surface area contributed by atoms with Crippen molar-refractivity contribution in [3.05, 3.63) is 64.7 Å². The van der Waals surface area contributed by atoms with E-state index in [-0.39, 0.29) is 42.0 Å². The Balaban J connectivity index is 1.68. The maximum Gasteiger partial charge on any atom is 0.204 e. The van der Waals surface area contributed by atoms with Gasteiger partial charge >= 0.3 is 0 Å². The van der Waals surface area contributed by atoms with Crippen LogP contribution >= 0.6 is 0 Å². The molecule has 0 amide bonds. The van der Waals surface area contributed by atoms with Crippen molar-refractivity contribution in [2.75, 3.05) is 48.3 Å². The molecule has 0 bridgehead atoms. The molecule has 1 heterocycles. The molecule has 4 rings (SSSR count). The van der Waals surface area contributed by atoms with E-state index in [0.29, 0.717) is 35.5 Å². The average Bonchev–Trinajstić information content (AvgIpc) is 3.40. The Morgan fingerprint density at radius 2 is 1.50 bits per heavy atom. The standard InChI is InChI=1S/C31H38O11/c1-37-23-12-18(7-8-22(23)35)28(36)27(16-34)41-31-25(39-3)13-19(14-26(31)40-4)29-21(15-33)20-10-17(6-5-9-32)11-24(38-2)30(20)42-29/h7-8,10-14,21,27-29,32-36H,5-6,9,15-16H2,1-4H3/t21-,27-,28-,29+/m0/s1. The van der Waals surface area contributed by atoms with Gasteiger partial charge in [0.25, 0.3) is 0 Å². The van der Waals surface area contributed by atoms with E-state index in [1.165, 1.54) is 39.5 Å². The van der Waals surface area contributed by atoms with Crippen LogP contribution in [0, 0.1) is 0 Å². The molecule has 0 aliphatic carbocycles. The van der Waals surface area contributed by atoms with E-state index < -0.39 is 30.8 Å². The number of hydrogen-bond donors (Lipinski definition) is 5. The highest BCUT2D eigenvalue weighted by Gasteiger charge is 2.39. The van der Waals surface area contributed by atoms with Crippen LogP contribution in [0.15, 0.2) is 42.5 Å². The van der Waals surface area contributed by atoms with E-state index in [9.17, 15) is 25.5 Å². The molecule has 3 aromatic rings. The number of aliphatic hydroxyl groups is 4. The molecule has 0 fully saturated rings. The summed E-state index contributed by atoms with van der Waals surface area (Å²) in [5, 5.41) is 50.8. The van der Waals surface area contributed by atoms with Gasteiger partial charge in [0.2, 0.25) is 5.75 Å². The summed E-state index contributed by atoms with van der Waals surface area (Å²) in [4.78, 5) is 0. The van der Waals surface area contributed by atoms with Crippen LogP contribution < -0.4 is 28.4 Å². The molecule has 0 spiro atoms. The van der Waals surface area contributed by atoms with Gasteiger partial charge in [-0.2, -0.15) is 0 Å². The first-order valence-corrected chi connectivity index (χ1v) is 13.5. The predicted octanol–water partition coefficient (Wildman–Crippen LogP) is 3.03. The highest BCUT2D eigenvalue weighted by atomic mass is 16.6. The third kappa shape index (κ3) is 6.14. The lowest BCUT2D eigenvalue weighted by atomic mass is 9.90. The normalized spacial score (nSPS) is 17.1. The molecule has 3 aromatic carbocycles. The minimum Gasteiger partial charge on any atom is -0.504 e. The van der Waals surface area contributed by atoms with Gasteiger partial charge in [-0.25, -0.2) is 0 Å². The minimum absolute atomic E-state index is 0.0628. The summed E-state index contributed by atoms with van der Waals surface area (Å²) in [5.41, 5.74) is 2.74. The number of benzene rings is 3. The summed E-state index contributed by atoms with van der Waals surface area (Å²) >= 11 is 0. The molecule has 0 radical (unpaired) electrons. The molecule has 42 heavy (non-hydrogen) atoms. The Kier molecular flexibility index (Phi) is 10.2. The van der Waals surface area contributed by atoms with Gasteiger partial charge in [0.05, 0.1) is 47.6 Å². The van der Waals surface area contributed by atoms with Crippen LogP contribution in [0.2, 0.25) is 0 Å². The fourth-order valence-electron chi connectivity index (χ4n) is 5.16. The zero-order chi connectivity index (χ0) is 30.4. The van der Waals surface area contributed by atoms with Gasteiger partial charge in [-0.15, -0.1) is 0 Å². The second-order valence-electron chi connectivity index (χ2n) is 9.84. The van der Waals surface area contributed by atoms with Crippen molar-refractivity contribution >= 4 is 0 Å². The molecule has 4 atom stereocenters. The van der Waals surface area contributed by atoms with Crippen molar-refractivity contribution < 1.29 is 54.0 Å². The van der Waals surface area contributed by atoms with Gasteiger partial charge in [-0.1, -0.05) is 12.1 Å². The predicted molar refractivity (Wildman–Crippen MR) is 152 cm³/mol. The number of rotatable bonds is 14. The molecule has 0 saturated carbocycles. The zero-order valence-electron chi connectivity index (χ0n) is 24.1. The summed E-state index contributed by atoms with van der Waals surface area (Å²) in [7, 11) is 5.84. The molecule has 1 aliphatic heterocycles. The van der Waals surface area contributed by atoms with Gasteiger partial charge in [-0.3, -0.25) is 0 Å². The number of ether oxygens (including phenoxy) is 6. The lowest BCUT2D eigenvalue weighted by Gasteiger charge is -2.26. The average molecular weight is 587 g/mol. The van der Waals surface area contributed by atoms with Crippen LogP contribution in [0.1, 0.15) is 46.8 Å². The van der Waals surface area contributed by atoms with E-state index in [2.05, 4.69) is 0 Å². The first-order valence-electron chi connectivity index (χ1n) is 13.5. The number of phenolic OH excluding ortho intramolecular Hbond substituents is 1. The zero-order valence-corrected chi connectivity index (χ0v) is 24.1. The summed E-state index contributed by atoms with van der Waals surface area (Å²) < 4.78 is 34.4. The van der Waals surface area contributed by atoms with Crippen LogP contribution in [0.5, 0.6) is 40.2 Å². The molecule has 0 aromatic heterocycles. The molecule has 11 heteroatoms. The Bertz CT molecular complexity index is 1330. The van der Waals surface area contributed by atoms with Gasteiger partial charge in [-0.05, 0) is 54.3 Å². The van der Waals surface area contributed by atoms with E-state index in [1.54, 1.807) is 19.2 Å². The van der Waals surface area contributed by atoms with E-state index in [0.717, 1.165) is 11.1 Å². The van der Waals surface area contributed by atoms with E-state index in [1.807, 2.05) is 12.1 Å². The number of phenols is 1. The maximum absolute atomic E-state index is 11.0. The van der Waals surface area contributed by atoms with Crippen LogP contribution in [-0.4, -0.2) is 79.9 Å². The fourth-order valence-corrected chi connectivity index (χ4v) is 5.16. The van der Waals surface area contributed by atoms with Crippen molar-refractivity contribution in [1.29, 1.82) is 0 Å². The topological polar surface area (TPSA) is 157 Å². The number of aryl methyl sites for hydroxylation is 1. The summed E-state index contributed by atoms with van der Waals surface area (Å²) in [5.74, 6) is 1.36. The number of hydrogen-bond acceptors (Lipinski definition) is 11. The van der Waals surface area contributed by atoms with Gasteiger partial charge in [0.15, 0.2) is 40.6 Å². The SMILES string of the molecule is COc1cc([C@H](O)[C@H](CO)Oc2c(OC)cc([C@H]3Oc4c(OC)cc(CCCO)cc4[C@@H]3CO)cc2OC)ccc1O. The van der Waals surface area contributed by atoms with Crippen molar-refractivity contribution in [1.82, 2.24) is 0 Å². The van der Waals surface area contributed by atoms with Crippen molar-refractivity contribution in [3.63, 3.8) is 0 Å². The third-order valence-electron chi connectivity index (χ3n) is 7.35. The number of methoxy groups -OCH3 is 4. The molecular weight excluding hydrogens is 548 g/mol. The lowest BCUT2D eigenvalue weighted by molar-refractivity contribution is -0.00180. The third-order valence-corrected chi connectivity index (χ3v) is 7.35. The van der Waals surface area contributed by atoms with Crippen molar-refractivity contribution in [2.45, 2.75) is 37.1 Å².